The van der Waals surface area contributed by atoms with Crippen molar-refractivity contribution in [2.45, 2.75) is 52.7 Å². The van der Waals surface area contributed by atoms with Crippen molar-refractivity contribution in [3.63, 3.8) is 0 Å². The van der Waals surface area contributed by atoms with Gasteiger partial charge >= 0.3 is 7.12 Å². The number of benzene rings is 1. The Bertz CT molecular complexity index is 474. The van der Waals surface area contributed by atoms with E-state index in [0.29, 0.717) is 5.69 Å². The summed E-state index contributed by atoms with van der Waals surface area (Å²) in [5.74, 6) is 0. The maximum absolute atomic E-state index is 10.1. The van der Waals surface area contributed by atoms with Crippen LogP contribution in [0.3, 0.4) is 0 Å². The average Bonchev–Trinajstić information content (AvgIpc) is 2.62. The van der Waals surface area contributed by atoms with Gasteiger partial charge in [0.05, 0.1) is 16.9 Å². The highest BCUT2D eigenvalue weighted by Gasteiger charge is 2.51. The van der Waals surface area contributed by atoms with Crippen LogP contribution in [0.25, 0.3) is 0 Å². The maximum Gasteiger partial charge on any atom is 0.494 e. The molecule has 1 aliphatic heterocycles. The Kier molecular flexibility index (Phi) is 5.29. The summed E-state index contributed by atoms with van der Waals surface area (Å²) in [6.07, 6.45) is 1.51. The van der Waals surface area contributed by atoms with E-state index < -0.39 is 0 Å². The molecule has 1 aliphatic rings. The summed E-state index contributed by atoms with van der Waals surface area (Å²) in [7, 11) is -0.385. The number of aliphatic imine (C=N–C) groups is 1. The Morgan fingerprint density at radius 2 is 1.45 bits per heavy atom. The van der Waals surface area contributed by atoms with Crippen LogP contribution >= 0.6 is 0 Å². The van der Waals surface area contributed by atoms with Crippen LogP contribution in [-0.2, 0) is 14.1 Å². The van der Waals surface area contributed by atoms with Gasteiger partial charge in [-0.25, -0.2) is 4.79 Å². The molecule has 1 aromatic rings. The van der Waals surface area contributed by atoms with Gasteiger partial charge in [-0.2, -0.15) is 4.99 Å². The monoisotopic (exact) mass is 275 g/mol. The highest BCUT2D eigenvalue weighted by molar-refractivity contribution is 6.62. The van der Waals surface area contributed by atoms with E-state index in [2.05, 4.69) is 4.99 Å². The molecule has 2 rings (SSSR count). The van der Waals surface area contributed by atoms with E-state index >= 15 is 0 Å². The number of nitrogens with zero attached hydrogens (tertiary/aromatic N) is 1. The van der Waals surface area contributed by atoms with Gasteiger partial charge in [-0.15, -0.1) is 0 Å². The van der Waals surface area contributed by atoms with Crippen molar-refractivity contribution in [3.05, 3.63) is 24.3 Å². The molecule has 0 radical (unpaired) electrons. The summed E-state index contributed by atoms with van der Waals surface area (Å²) < 4.78 is 11.8. The van der Waals surface area contributed by atoms with Crippen molar-refractivity contribution in [2.75, 3.05) is 0 Å². The van der Waals surface area contributed by atoms with Gasteiger partial charge < -0.3 is 9.31 Å². The Morgan fingerprint density at radius 1 is 1.00 bits per heavy atom. The van der Waals surface area contributed by atoms with Crippen molar-refractivity contribution >= 4 is 24.3 Å². The molecule has 1 saturated heterocycles. The van der Waals surface area contributed by atoms with Crippen LogP contribution in [0.5, 0.6) is 0 Å². The zero-order chi connectivity index (χ0) is 15.4. The SMILES string of the molecule is CC.CC1(C)OB(c2ccc(N=C=O)cc2)OC1(C)C. The van der Waals surface area contributed by atoms with Gasteiger partial charge in [0.15, 0.2) is 0 Å². The molecule has 20 heavy (non-hydrogen) atoms. The minimum absolute atomic E-state index is 0.350. The van der Waals surface area contributed by atoms with Crippen molar-refractivity contribution < 1.29 is 14.1 Å². The molecule has 108 valence electrons. The second kappa shape index (κ2) is 6.36. The molecule has 0 atom stereocenters. The van der Waals surface area contributed by atoms with E-state index in [1.54, 1.807) is 12.1 Å². The molecule has 0 saturated carbocycles. The fourth-order valence-electron chi connectivity index (χ4n) is 1.74. The zero-order valence-corrected chi connectivity index (χ0v) is 13.1. The predicted molar refractivity (Wildman–Crippen MR) is 81.3 cm³/mol. The van der Waals surface area contributed by atoms with Crippen LogP contribution in [0.15, 0.2) is 29.3 Å². The van der Waals surface area contributed by atoms with Gasteiger partial charge in [0.25, 0.3) is 0 Å². The van der Waals surface area contributed by atoms with Crippen LogP contribution in [-0.4, -0.2) is 24.4 Å². The highest BCUT2D eigenvalue weighted by atomic mass is 16.7. The second-order valence-electron chi connectivity index (χ2n) is 5.38. The van der Waals surface area contributed by atoms with Gasteiger partial charge in [0.1, 0.15) is 0 Å². The summed E-state index contributed by atoms with van der Waals surface area (Å²) in [4.78, 5) is 13.7. The first kappa shape index (κ1) is 16.6. The van der Waals surface area contributed by atoms with E-state index in [4.69, 9.17) is 9.31 Å². The fraction of sp³-hybridized carbons (Fsp3) is 0.533. The van der Waals surface area contributed by atoms with E-state index in [-0.39, 0.29) is 18.3 Å². The number of carbonyl (C=O) groups excluding carboxylic acids is 1. The molecular weight excluding hydrogens is 253 g/mol. The lowest BCUT2D eigenvalue weighted by molar-refractivity contribution is 0.00578. The lowest BCUT2D eigenvalue weighted by Crippen LogP contribution is -2.41. The Morgan fingerprint density at radius 3 is 1.85 bits per heavy atom. The molecular formula is C15H22BNO3. The van der Waals surface area contributed by atoms with Crippen LogP contribution in [0, 0.1) is 0 Å². The second-order valence-corrected chi connectivity index (χ2v) is 5.38. The topological polar surface area (TPSA) is 47.9 Å². The Hall–Kier alpha value is -1.42. The summed E-state index contributed by atoms with van der Waals surface area (Å²) in [5.41, 5.74) is 0.790. The summed E-state index contributed by atoms with van der Waals surface area (Å²) in [6, 6.07) is 7.17. The average molecular weight is 275 g/mol. The summed E-state index contributed by atoms with van der Waals surface area (Å²) in [6.45, 7) is 12.0. The Balaban J connectivity index is 0.000000956. The van der Waals surface area contributed by atoms with E-state index in [9.17, 15) is 4.79 Å². The first-order chi connectivity index (χ1) is 9.36. The normalized spacial score (nSPS) is 18.8. The first-order valence-corrected chi connectivity index (χ1v) is 6.89. The summed E-state index contributed by atoms with van der Waals surface area (Å²) >= 11 is 0. The van der Waals surface area contributed by atoms with Gasteiger partial charge in [0.2, 0.25) is 6.08 Å². The van der Waals surface area contributed by atoms with Gasteiger partial charge in [-0.05, 0) is 45.3 Å². The van der Waals surface area contributed by atoms with Crippen molar-refractivity contribution in [1.82, 2.24) is 0 Å². The van der Waals surface area contributed by atoms with Crippen LogP contribution in [0.1, 0.15) is 41.5 Å². The van der Waals surface area contributed by atoms with Gasteiger partial charge in [-0.3, -0.25) is 0 Å². The smallest absolute Gasteiger partial charge is 0.399 e. The molecule has 4 nitrogen and oxygen atoms in total. The largest absolute Gasteiger partial charge is 0.494 e. The quantitative estimate of drug-likeness (QED) is 0.473. The lowest BCUT2D eigenvalue weighted by Gasteiger charge is -2.32. The number of rotatable bonds is 2. The van der Waals surface area contributed by atoms with E-state index in [1.165, 1.54) is 6.08 Å². The molecule has 0 unspecified atom stereocenters. The van der Waals surface area contributed by atoms with E-state index in [0.717, 1.165) is 5.46 Å². The molecule has 0 bridgehead atoms. The molecule has 0 N–H and O–H groups in total. The molecule has 1 aromatic carbocycles. The number of hydrogen-bond donors (Lipinski definition) is 0. The maximum atomic E-state index is 10.1. The van der Waals surface area contributed by atoms with Crippen molar-refractivity contribution in [3.8, 4) is 0 Å². The van der Waals surface area contributed by atoms with Crippen LogP contribution in [0.4, 0.5) is 5.69 Å². The molecule has 5 heteroatoms. The molecule has 1 heterocycles. The van der Waals surface area contributed by atoms with Gasteiger partial charge in [-0.1, -0.05) is 26.0 Å². The number of hydrogen-bond acceptors (Lipinski definition) is 4. The lowest BCUT2D eigenvalue weighted by atomic mass is 9.79. The third kappa shape index (κ3) is 3.37. The first-order valence-electron chi connectivity index (χ1n) is 6.89. The minimum atomic E-state index is -0.385. The van der Waals surface area contributed by atoms with Crippen LogP contribution in [0.2, 0.25) is 0 Å². The highest BCUT2D eigenvalue weighted by Crippen LogP contribution is 2.36. The van der Waals surface area contributed by atoms with Crippen molar-refractivity contribution in [1.29, 1.82) is 0 Å². The molecule has 0 spiro atoms. The van der Waals surface area contributed by atoms with E-state index in [1.807, 2.05) is 53.7 Å². The Labute approximate surface area is 121 Å². The molecule has 0 amide bonds. The fourth-order valence-corrected chi connectivity index (χ4v) is 1.74. The zero-order valence-electron chi connectivity index (χ0n) is 13.1. The molecule has 1 fully saturated rings. The minimum Gasteiger partial charge on any atom is -0.399 e. The predicted octanol–water partition coefficient (Wildman–Crippen LogP) is 2.98. The standard InChI is InChI=1S/C13H16BNO3.C2H6/c1-12(2)13(3,4)18-14(17-12)10-5-7-11(8-6-10)15-9-16;1-2/h5-8H,1-4H3;1-2H3. The van der Waals surface area contributed by atoms with Crippen molar-refractivity contribution in [2.24, 2.45) is 4.99 Å². The third-order valence-corrected chi connectivity index (χ3v) is 3.59. The molecule has 0 aromatic heterocycles. The van der Waals surface area contributed by atoms with Crippen LogP contribution < -0.4 is 5.46 Å². The van der Waals surface area contributed by atoms with Gasteiger partial charge in [0, 0.05) is 0 Å². The third-order valence-electron chi connectivity index (χ3n) is 3.59. The number of isocyanates is 1. The summed E-state index contributed by atoms with van der Waals surface area (Å²) in [5, 5.41) is 0. The molecule has 0 aliphatic carbocycles.